The predicted molar refractivity (Wildman–Crippen MR) is 70.0 cm³/mol. The Morgan fingerprint density at radius 1 is 1.41 bits per heavy atom. The molecule has 100 valence electrons. The summed E-state index contributed by atoms with van der Waals surface area (Å²) in [6.45, 7) is 4.38. The highest BCUT2D eigenvalue weighted by atomic mass is 32.2. The molecule has 0 aliphatic rings. The maximum absolute atomic E-state index is 11.6. The normalized spacial score (nSPS) is 11.9. The van der Waals surface area contributed by atoms with Gasteiger partial charge in [0.05, 0.1) is 6.61 Å². The van der Waals surface area contributed by atoms with E-state index in [0.29, 0.717) is 12.4 Å². The van der Waals surface area contributed by atoms with E-state index in [4.69, 9.17) is 10.5 Å². The largest absolute Gasteiger partial charge is 0.449 e. The zero-order chi connectivity index (χ0) is 13.3. The van der Waals surface area contributed by atoms with Gasteiger partial charge in [-0.25, -0.2) is 4.79 Å². The Balaban J connectivity index is 4.23. The molecule has 1 atom stereocenters. The Kier molecular flexibility index (Phi) is 8.66. The van der Waals surface area contributed by atoms with Crippen LogP contribution in [0, 0.1) is 0 Å². The van der Waals surface area contributed by atoms with Crippen molar-refractivity contribution in [3.05, 3.63) is 0 Å². The van der Waals surface area contributed by atoms with E-state index in [-0.39, 0.29) is 0 Å². The molecule has 0 aromatic heterocycles. The number of thioether (sulfide) groups is 1. The van der Waals surface area contributed by atoms with E-state index in [2.05, 4.69) is 0 Å². The van der Waals surface area contributed by atoms with Gasteiger partial charge in [0, 0.05) is 12.8 Å². The molecular formula is C11H22N2O3S. The van der Waals surface area contributed by atoms with Crippen molar-refractivity contribution >= 4 is 23.8 Å². The zero-order valence-electron chi connectivity index (χ0n) is 10.8. The topological polar surface area (TPSA) is 72.6 Å². The van der Waals surface area contributed by atoms with Gasteiger partial charge in [0.1, 0.15) is 6.04 Å². The molecular weight excluding hydrogens is 240 g/mol. The van der Waals surface area contributed by atoms with Gasteiger partial charge in [-0.05, 0) is 12.2 Å². The van der Waals surface area contributed by atoms with E-state index in [1.54, 1.807) is 18.8 Å². The van der Waals surface area contributed by atoms with Crippen LogP contribution in [0.1, 0.15) is 26.7 Å². The van der Waals surface area contributed by atoms with Crippen LogP contribution in [-0.2, 0) is 9.53 Å². The quantitative estimate of drug-likeness (QED) is 0.672. The monoisotopic (exact) mass is 262 g/mol. The number of carbonyl (C=O) groups is 2. The van der Waals surface area contributed by atoms with Gasteiger partial charge >= 0.3 is 6.09 Å². The molecule has 0 aromatic carbocycles. The summed E-state index contributed by atoms with van der Waals surface area (Å²) in [5.41, 5.74) is 5.27. The average molecular weight is 262 g/mol. The van der Waals surface area contributed by atoms with Crippen molar-refractivity contribution in [1.82, 2.24) is 4.90 Å². The van der Waals surface area contributed by atoms with Crippen LogP contribution in [0.25, 0.3) is 0 Å². The maximum Gasteiger partial charge on any atom is 0.410 e. The minimum absolute atomic E-state index is 0.381. The highest BCUT2D eigenvalue weighted by Gasteiger charge is 2.25. The molecule has 2 N–H and O–H groups in total. The lowest BCUT2D eigenvalue weighted by molar-refractivity contribution is -0.121. The standard InChI is InChI=1S/C11H22N2O3S/c1-4-6-7-16-11(15)13(3)9(10(12)14)8-17-5-2/h9H,4-8H2,1-3H3,(H2,12,14)/t9-/m0/s1. The van der Waals surface area contributed by atoms with E-state index in [9.17, 15) is 9.59 Å². The molecule has 0 aromatic rings. The molecule has 2 amide bonds. The molecule has 5 nitrogen and oxygen atoms in total. The molecule has 0 unspecified atom stereocenters. The van der Waals surface area contributed by atoms with Gasteiger partial charge in [0.2, 0.25) is 5.91 Å². The highest BCUT2D eigenvalue weighted by Crippen LogP contribution is 2.08. The van der Waals surface area contributed by atoms with Crippen molar-refractivity contribution in [3.8, 4) is 0 Å². The summed E-state index contributed by atoms with van der Waals surface area (Å²) < 4.78 is 5.03. The molecule has 0 fully saturated rings. The molecule has 0 saturated heterocycles. The van der Waals surface area contributed by atoms with Gasteiger partial charge in [-0.15, -0.1) is 0 Å². The van der Waals surface area contributed by atoms with Gasteiger partial charge in [0.15, 0.2) is 0 Å². The SMILES string of the molecule is CCCCOC(=O)N(C)[C@@H](CSCC)C(N)=O. The molecule has 17 heavy (non-hydrogen) atoms. The minimum Gasteiger partial charge on any atom is -0.449 e. The first-order valence-electron chi connectivity index (χ1n) is 5.81. The highest BCUT2D eigenvalue weighted by molar-refractivity contribution is 7.99. The number of amides is 2. The molecule has 0 heterocycles. The number of unbranched alkanes of at least 4 members (excludes halogenated alkanes) is 1. The Labute approximate surface area is 107 Å². The first-order chi connectivity index (χ1) is 8.04. The molecule has 0 aliphatic heterocycles. The second kappa shape index (κ2) is 9.15. The fraction of sp³-hybridized carbons (Fsp3) is 0.818. The predicted octanol–water partition coefficient (Wildman–Crippen LogP) is 1.46. The Bertz CT molecular complexity index is 249. The van der Waals surface area contributed by atoms with Crippen molar-refractivity contribution in [2.24, 2.45) is 5.73 Å². The molecule has 0 rings (SSSR count). The van der Waals surface area contributed by atoms with E-state index in [1.165, 1.54) is 4.90 Å². The van der Waals surface area contributed by atoms with Gasteiger partial charge in [-0.3, -0.25) is 9.69 Å². The summed E-state index contributed by atoms with van der Waals surface area (Å²) in [6.07, 6.45) is 1.30. The van der Waals surface area contributed by atoms with Crippen molar-refractivity contribution in [3.63, 3.8) is 0 Å². The van der Waals surface area contributed by atoms with Crippen LogP contribution >= 0.6 is 11.8 Å². The lowest BCUT2D eigenvalue weighted by Crippen LogP contribution is -2.47. The number of rotatable bonds is 8. The molecule has 0 saturated carbocycles. The number of nitrogens with zero attached hydrogens (tertiary/aromatic N) is 1. The first kappa shape index (κ1) is 16.1. The summed E-state index contributed by atoms with van der Waals surface area (Å²) in [7, 11) is 1.54. The van der Waals surface area contributed by atoms with E-state index in [1.807, 2.05) is 13.8 Å². The number of hydrogen-bond acceptors (Lipinski definition) is 4. The number of nitrogens with two attached hydrogens (primary N) is 1. The average Bonchev–Trinajstić information content (AvgIpc) is 2.29. The number of carbonyl (C=O) groups excluding carboxylic acids is 2. The van der Waals surface area contributed by atoms with Gasteiger partial charge in [0.25, 0.3) is 0 Å². The maximum atomic E-state index is 11.6. The van der Waals surface area contributed by atoms with E-state index in [0.717, 1.165) is 18.6 Å². The zero-order valence-corrected chi connectivity index (χ0v) is 11.6. The van der Waals surface area contributed by atoms with Crippen LogP contribution in [0.15, 0.2) is 0 Å². The summed E-state index contributed by atoms with van der Waals surface area (Å²) in [5, 5.41) is 0. The second-order valence-electron chi connectivity index (χ2n) is 3.66. The fourth-order valence-corrected chi connectivity index (χ4v) is 1.99. The molecule has 0 bridgehead atoms. The minimum atomic E-state index is -0.603. The second-order valence-corrected chi connectivity index (χ2v) is 4.98. The van der Waals surface area contributed by atoms with Crippen LogP contribution in [0.5, 0.6) is 0 Å². The van der Waals surface area contributed by atoms with Crippen LogP contribution in [0.2, 0.25) is 0 Å². The Hall–Kier alpha value is -0.910. The van der Waals surface area contributed by atoms with Crippen molar-refractivity contribution in [2.75, 3.05) is 25.2 Å². The van der Waals surface area contributed by atoms with Gasteiger partial charge < -0.3 is 10.5 Å². The number of likely N-dealkylation sites (N-methyl/N-ethyl adjacent to an activating group) is 1. The molecule has 0 aliphatic carbocycles. The number of ether oxygens (including phenoxy) is 1. The van der Waals surface area contributed by atoms with Crippen molar-refractivity contribution < 1.29 is 14.3 Å². The van der Waals surface area contributed by atoms with Crippen LogP contribution in [0.4, 0.5) is 4.79 Å². The van der Waals surface area contributed by atoms with Crippen LogP contribution in [-0.4, -0.2) is 48.1 Å². The molecule has 6 heteroatoms. The van der Waals surface area contributed by atoms with Gasteiger partial charge in [-0.2, -0.15) is 11.8 Å². The van der Waals surface area contributed by atoms with E-state index < -0.39 is 18.0 Å². The summed E-state index contributed by atoms with van der Waals surface area (Å²) in [6, 6.07) is -0.603. The molecule has 0 radical (unpaired) electrons. The van der Waals surface area contributed by atoms with Gasteiger partial charge in [-0.1, -0.05) is 20.3 Å². The van der Waals surface area contributed by atoms with Crippen molar-refractivity contribution in [2.45, 2.75) is 32.7 Å². The molecule has 0 spiro atoms. The Morgan fingerprint density at radius 2 is 2.06 bits per heavy atom. The third-order valence-electron chi connectivity index (χ3n) is 2.29. The van der Waals surface area contributed by atoms with E-state index >= 15 is 0 Å². The lowest BCUT2D eigenvalue weighted by Gasteiger charge is -2.24. The summed E-state index contributed by atoms with van der Waals surface area (Å²) in [4.78, 5) is 24.1. The summed E-state index contributed by atoms with van der Waals surface area (Å²) in [5.74, 6) is 0.883. The third kappa shape index (κ3) is 6.41. The smallest absolute Gasteiger partial charge is 0.410 e. The number of primary amides is 1. The van der Waals surface area contributed by atoms with Crippen LogP contribution in [0.3, 0.4) is 0 Å². The Morgan fingerprint density at radius 3 is 2.53 bits per heavy atom. The first-order valence-corrected chi connectivity index (χ1v) is 6.96. The lowest BCUT2D eigenvalue weighted by atomic mass is 10.3. The summed E-state index contributed by atoms with van der Waals surface area (Å²) >= 11 is 1.57. The van der Waals surface area contributed by atoms with Crippen molar-refractivity contribution in [1.29, 1.82) is 0 Å². The fourth-order valence-electron chi connectivity index (χ4n) is 1.15. The third-order valence-corrected chi connectivity index (χ3v) is 3.25. The van der Waals surface area contributed by atoms with Crippen LogP contribution < -0.4 is 5.73 Å². The number of hydrogen-bond donors (Lipinski definition) is 1.